The predicted molar refractivity (Wildman–Crippen MR) is 65.9 cm³/mol. The molecule has 0 heterocycles. The summed E-state index contributed by atoms with van der Waals surface area (Å²) in [5, 5.41) is 0. The van der Waals surface area contributed by atoms with Crippen LogP contribution in [-0.2, 0) is 4.74 Å². The Morgan fingerprint density at radius 2 is 1.65 bits per heavy atom. The summed E-state index contributed by atoms with van der Waals surface area (Å²) in [5.74, 6) is 1.73. The number of methoxy groups -OCH3 is 3. The monoisotopic (exact) mass is 241 g/mol. The van der Waals surface area contributed by atoms with Crippen molar-refractivity contribution >= 4 is 5.69 Å². The Bertz CT molecular complexity index is 368. The largest absolute Gasteiger partial charge is 0.493 e. The fourth-order valence-electron chi connectivity index (χ4n) is 1.46. The van der Waals surface area contributed by atoms with Crippen LogP contribution in [0.5, 0.6) is 17.2 Å². The highest BCUT2D eigenvalue weighted by Gasteiger charge is 2.12. The zero-order valence-corrected chi connectivity index (χ0v) is 10.6. The molecule has 5 nitrogen and oxygen atoms in total. The van der Waals surface area contributed by atoms with Gasteiger partial charge in [-0.2, -0.15) is 0 Å². The van der Waals surface area contributed by atoms with Crippen LogP contribution in [0, 0.1) is 0 Å². The molecule has 0 aliphatic heterocycles. The first kappa shape index (κ1) is 13.4. The minimum absolute atomic E-state index is 0.0830. The topological polar surface area (TPSA) is 62.9 Å². The molecule has 5 heteroatoms. The van der Waals surface area contributed by atoms with E-state index in [1.54, 1.807) is 33.5 Å². The summed E-state index contributed by atoms with van der Waals surface area (Å²) in [6, 6.07) is 3.38. The molecule has 96 valence electrons. The van der Waals surface area contributed by atoms with Crippen LogP contribution in [0.2, 0.25) is 0 Å². The summed E-state index contributed by atoms with van der Waals surface area (Å²) in [4.78, 5) is 0. The van der Waals surface area contributed by atoms with E-state index in [1.165, 1.54) is 0 Å². The van der Waals surface area contributed by atoms with Crippen molar-refractivity contribution in [2.45, 2.75) is 13.0 Å². The summed E-state index contributed by atoms with van der Waals surface area (Å²) in [6.07, 6.45) is -0.0830. The van der Waals surface area contributed by atoms with E-state index in [9.17, 15) is 0 Å². The molecule has 0 saturated carbocycles. The third-order valence-electron chi connectivity index (χ3n) is 2.25. The molecule has 0 spiro atoms. The molecule has 0 aromatic heterocycles. The van der Waals surface area contributed by atoms with Crippen molar-refractivity contribution in [1.82, 2.24) is 0 Å². The van der Waals surface area contributed by atoms with Crippen molar-refractivity contribution in [1.29, 1.82) is 0 Å². The van der Waals surface area contributed by atoms with E-state index in [1.807, 2.05) is 6.92 Å². The lowest BCUT2D eigenvalue weighted by atomic mass is 10.2. The zero-order valence-electron chi connectivity index (χ0n) is 10.6. The average molecular weight is 241 g/mol. The summed E-state index contributed by atoms with van der Waals surface area (Å²) in [7, 11) is 4.75. The van der Waals surface area contributed by atoms with Crippen LogP contribution >= 0.6 is 0 Å². The van der Waals surface area contributed by atoms with Crippen molar-refractivity contribution in [2.75, 3.05) is 33.7 Å². The molecule has 0 amide bonds. The predicted octanol–water partition coefficient (Wildman–Crippen LogP) is 1.70. The highest BCUT2D eigenvalue weighted by Crippen LogP contribution is 2.36. The van der Waals surface area contributed by atoms with E-state index >= 15 is 0 Å². The molecule has 0 fully saturated rings. The lowest BCUT2D eigenvalue weighted by Crippen LogP contribution is -2.18. The number of anilines is 1. The summed E-state index contributed by atoms with van der Waals surface area (Å²) < 4.78 is 21.0. The lowest BCUT2D eigenvalue weighted by Gasteiger charge is -2.17. The number of hydrogen-bond acceptors (Lipinski definition) is 5. The normalized spacial score (nSPS) is 12.0. The van der Waals surface area contributed by atoms with E-state index in [0.29, 0.717) is 29.5 Å². The van der Waals surface area contributed by atoms with Gasteiger partial charge in [0.1, 0.15) is 11.9 Å². The maximum atomic E-state index is 5.86. The van der Waals surface area contributed by atoms with Crippen LogP contribution in [-0.4, -0.2) is 34.0 Å². The van der Waals surface area contributed by atoms with E-state index in [4.69, 9.17) is 24.7 Å². The van der Waals surface area contributed by atoms with Crippen LogP contribution in [0.25, 0.3) is 0 Å². The highest BCUT2D eigenvalue weighted by atomic mass is 16.5. The van der Waals surface area contributed by atoms with Gasteiger partial charge in [0.15, 0.2) is 11.5 Å². The summed E-state index contributed by atoms with van der Waals surface area (Å²) in [5.41, 5.74) is 6.37. The van der Waals surface area contributed by atoms with E-state index < -0.39 is 0 Å². The molecule has 1 atom stereocenters. The van der Waals surface area contributed by atoms with Gasteiger partial charge in [-0.25, -0.2) is 0 Å². The van der Waals surface area contributed by atoms with Crippen LogP contribution in [0.15, 0.2) is 12.1 Å². The first-order chi connectivity index (χ1) is 8.12. The summed E-state index contributed by atoms with van der Waals surface area (Å²) in [6.45, 7) is 2.40. The van der Waals surface area contributed by atoms with Crippen LogP contribution in [0.3, 0.4) is 0 Å². The van der Waals surface area contributed by atoms with E-state index in [-0.39, 0.29) is 6.10 Å². The second-order valence-electron chi connectivity index (χ2n) is 3.63. The number of rotatable bonds is 6. The Morgan fingerprint density at radius 3 is 2.18 bits per heavy atom. The van der Waals surface area contributed by atoms with Crippen molar-refractivity contribution in [3.63, 3.8) is 0 Å². The molecule has 0 aliphatic carbocycles. The number of benzene rings is 1. The van der Waals surface area contributed by atoms with E-state index in [0.717, 1.165) is 0 Å². The maximum Gasteiger partial charge on any atom is 0.164 e. The molecule has 0 aliphatic rings. The second kappa shape index (κ2) is 6.20. The quantitative estimate of drug-likeness (QED) is 0.768. The van der Waals surface area contributed by atoms with Crippen molar-refractivity contribution in [2.24, 2.45) is 0 Å². The molecule has 2 N–H and O–H groups in total. The second-order valence-corrected chi connectivity index (χ2v) is 3.63. The molecule has 1 rings (SSSR count). The fourth-order valence-corrected chi connectivity index (χ4v) is 1.46. The fraction of sp³-hybridized carbons (Fsp3) is 0.500. The first-order valence-corrected chi connectivity index (χ1v) is 5.29. The number of nitrogen functional groups attached to an aromatic ring is 1. The Morgan fingerprint density at radius 1 is 1.06 bits per heavy atom. The van der Waals surface area contributed by atoms with Gasteiger partial charge in [-0.1, -0.05) is 0 Å². The van der Waals surface area contributed by atoms with Gasteiger partial charge in [0.05, 0.1) is 26.5 Å². The number of nitrogens with two attached hydrogens (primary N) is 1. The maximum absolute atomic E-state index is 5.86. The van der Waals surface area contributed by atoms with E-state index in [2.05, 4.69) is 0 Å². The SMILES string of the molecule is COCC(C)Oc1cc(OC)c(OC)cc1N. The number of ether oxygens (including phenoxy) is 4. The molecule has 1 aromatic carbocycles. The first-order valence-electron chi connectivity index (χ1n) is 5.29. The molecule has 0 bridgehead atoms. The van der Waals surface area contributed by atoms with Gasteiger partial charge in [-0.05, 0) is 6.92 Å². The molecule has 17 heavy (non-hydrogen) atoms. The molecule has 0 radical (unpaired) electrons. The van der Waals surface area contributed by atoms with Gasteiger partial charge in [0.25, 0.3) is 0 Å². The highest BCUT2D eigenvalue weighted by molar-refractivity contribution is 5.61. The van der Waals surface area contributed by atoms with Gasteiger partial charge in [0.2, 0.25) is 0 Å². The summed E-state index contributed by atoms with van der Waals surface area (Å²) >= 11 is 0. The minimum atomic E-state index is -0.0830. The lowest BCUT2D eigenvalue weighted by molar-refractivity contribution is 0.0923. The number of hydrogen-bond donors (Lipinski definition) is 1. The molecule has 0 saturated heterocycles. The third kappa shape index (κ3) is 3.42. The van der Waals surface area contributed by atoms with Crippen molar-refractivity contribution in [3.8, 4) is 17.2 Å². The third-order valence-corrected chi connectivity index (χ3v) is 2.25. The minimum Gasteiger partial charge on any atom is -0.493 e. The van der Waals surface area contributed by atoms with Crippen molar-refractivity contribution < 1.29 is 18.9 Å². The van der Waals surface area contributed by atoms with Gasteiger partial charge in [-0.15, -0.1) is 0 Å². The molecule has 1 unspecified atom stereocenters. The molecular weight excluding hydrogens is 222 g/mol. The van der Waals surface area contributed by atoms with Crippen LogP contribution in [0.4, 0.5) is 5.69 Å². The molecule has 1 aromatic rings. The Balaban J connectivity index is 2.92. The van der Waals surface area contributed by atoms with Gasteiger partial charge < -0.3 is 24.7 Å². The standard InChI is InChI=1S/C12H19NO4/c1-8(7-14-2)17-10-6-12(16-4)11(15-3)5-9(10)13/h5-6,8H,7,13H2,1-4H3. The smallest absolute Gasteiger partial charge is 0.164 e. The average Bonchev–Trinajstić information content (AvgIpc) is 2.31. The Labute approximate surface area is 101 Å². The Kier molecular flexibility index (Phi) is 4.90. The van der Waals surface area contributed by atoms with Crippen LogP contribution < -0.4 is 19.9 Å². The zero-order chi connectivity index (χ0) is 12.8. The van der Waals surface area contributed by atoms with Crippen LogP contribution in [0.1, 0.15) is 6.92 Å². The van der Waals surface area contributed by atoms with Gasteiger partial charge in [-0.3, -0.25) is 0 Å². The van der Waals surface area contributed by atoms with Gasteiger partial charge in [0, 0.05) is 19.2 Å². The van der Waals surface area contributed by atoms with Crippen molar-refractivity contribution in [3.05, 3.63) is 12.1 Å². The Hall–Kier alpha value is -1.62. The molecular formula is C12H19NO4. The van der Waals surface area contributed by atoms with Gasteiger partial charge >= 0.3 is 0 Å².